The molecule has 0 amide bonds. The first kappa shape index (κ1) is 20.0. The molecule has 0 unspecified atom stereocenters. The number of carbonyl (C=O) groups excluding carboxylic acids is 1. The van der Waals surface area contributed by atoms with Gasteiger partial charge in [0.05, 0.1) is 0 Å². The van der Waals surface area contributed by atoms with Crippen LogP contribution >= 0.6 is 0 Å². The van der Waals surface area contributed by atoms with Crippen molar-refractivity contribution in [2.75, 3.05) is 0 Å². The first-order chi connectivity index (χ1) is 9.60. The second-order valence-corrected chi connectivity index (χ2v) is 14.7. The fraction of sp³-hybridized carbons (Fsp3) is 0.941. The van der Waals surface area contributed by atoms with E-state index in [0.717, 1.165) is 0 Å². The summed E-state index contributed by atoms with van der Waals surface area (Å²) in [6.07, 6.45) is 11.4. The molecule has 0 aromatic heterocycles. The second kappa shape index (κ2) is 12.7. The molecule has 0 radical (unpaired) electrons. The molecule has 20 heavy (non-hydrogen) atoms. The van der Waals surface area contributed by atoms with E-state index in [2.05, 4.69) is 20.8 Å². The molecule has 0 heterocycles. The Hall–Kier alpha value is 0.0129. The summed E-state index contributed by atoms with van der Waals surface area (Å²) < 4.78 is 6.03. The Bertz CT molecular complexity index is 215. The van der Waals surface area contributed by atoms with E-state index in [1.165, 1.54) is 73.5 Å². The number of hydrogen-bond acceptors (Lipinski definition) is 2. The molecule has 2 nitrogen and oxygen atoms in total. The first-order valence-corrected chi connectivity index (χ1v) is 14.1. The summed E-state index contributed by atoms with van der Waals surface area (Å²) in [6, 6.07) is 0. The SMILES string of the molecule is CCCC[CH2][Ge]([CH2]CCCC)([CH2]CCCC)[O]C(C)=O. The molecule has 0 spiro atoms. The summed E-state index contributed by atoms with van der Waals surface area (Å²) in [5.41, 5.74) is 0. The van der Waals surface area contributed by atoms with Crippen molar-refractivity contribution < 1.29 is 8.56 Å². The van der Waals surface area contributed by atoms with Crippen molar-refractivity contribution in [3.05, 3.63) is 0 Å². The zero-order valence-electron chi connectivity index (χ0n) is 14.3. The van der Waals surface area contributed by atoms with Crippen molar-refractivity contribution in [1.29, 1.82) is 0 Å². The molecular weight excluding hydrogens is 309 g/mol. The average molecular weight is 345 g/mol. The predicted octanol–water partition coefficient (Wildman–Crippen LogP) is 6.07. The number of carbonyl (C=O) groups is 1. The van der Waals surface area contributed by atoms with E-state index < -0.39 is 13.6 Å². The number of unbranched alkanes of at least 4 members (excludes halogenated alkanes) is 6. The molecule has 0 aromatic rings. The molecule has 120 valence electrons. The van der Waals surface area contributed by atoms with Crippen molar-refractivity contribution in [2.45, 2.75) is 101 Å². The van der Waals surface area contributed by atoms with Gasteiger partial charge in [0, 0.05) is 0 Å². The molecule has 0 rings (SSSR count). The van der Waals surface area contributed by atoms with Gasteiger partial charge in [0.1, 0.15) is 0 Å². The molecule has 0 saturated heterocycles. The molecule has 0 aliphatic heterocycles. The first-order valence-electron chi connectivity index (χ1n) is 8.79. The Morgan fingerprint density at radius 3 is 1.35 bits per heavy atom. The van der Waals surface area contributed by atoms with Crippen LogP contribution < -0.4 is 0 Å². The topological polar surface area (TPSA) is 26.3 Å². The summed E-state index contributed by atoms with van der Waals surface area (Å²) in [6.45, 7) is 8.34. The van der Waals surface area contributed by atoms with Crippen molar-refractivity contribution in [2.24, 2.45) is 0 Å². The van der Waals surface area contributed by atoms with E-state index in [0.29, 0.717) is 0 Å². The molecule has 3 heteroatoms. The standard InChI is InChI=1S/C17H36GeO2/c1-5-8-11-14-18(20-17(4)19,15-12-9-6-2)16-13-10-7-3/h5-16H2,1-4H3. The van der Waals surface area contributed by atoms with Gasteiger partial charge in [0.2, 0.25) is 0 Å². The Kier molecular flexibility index (Phi) is 12.7. The predicted molar refractivity (Wildman–Crippen MR) is 90.5 cm³/mol. The normalized spacial score (nSPS) is 11.6. The average Bonchev–Trinajstić information content (AvgIpc) is 2.39. The Morgan fingerprint density at radius 2 is 1.10 bits per heavy atom. The van der Waals surface area contributed by atoms with Gasteiger partial charge in [-0.1, -0.05) is 0 Å². The Labute approximate surface area is 129 Å². The Morgan fingerprint density at radius 1 is 0.750 bits per heavy atom. The Balaban J connectivity index is 4.61. The van der Waals surface area contributed by atoms with Crippen molar-refractivity contribution in [3.8, 4) is 0 Å². The van der Waals surface area contributed by atoms with Crippen LogP contribution in [-0.2, 0) is 8.56 Å². The molecule has 0 saturated carbocycles. The molecule has 0 aliphatic rings. The van der Waals surface area contributed by atoms with Gasteiger partial charge in [-0.15, -0.1) is 0 Å². The maximum absolute atomic E-state index is 11.6. The van der Waals surface area contributed by atoms with Crippen molar-refractivity contribution >= 4 is 19.6 Å². The molecule has 0 fully saturated rings. The fourth-order valence-corrected chi connectivity index (χ4v) is 12.0. The van der Waals surface area contributed by atoms with E-state index in [4.69, 9.17) is 3.76 Å². The van der Waals surface area contributed by atoms with Gasteiger partial charge in [-0.3, -0.25) is 0 Å². The van der Waals surface area contributed by atoms with Crippen LogP contribution in [0.5, 0.6) is 0 Å². The number of hydrogen-bond donors (Lipinski definition) is 0. The molecule has 0 bridgehead atoms. The van der Waals surface area contributed by atoms with Gasteiger partial charge in [0.25, 0.3) is 0 Å². The third-order valence-corrected chi connectivity index (χ3v) is 13.5. The van der Waals surface area contributed by atoms with Crippen molar-refractivity contribution in [1.82, 2.24) is 0 Å². The minimum atomic E-state index is -2.40. The van der Waals surface area contributed by atoms with E-state index in [1.807, 2.05) is 0 Å². The van der Waals surface area contributed by atoms with Crippen LogP contribution in [0.4, 0.5) is 0 Å². The molecule has 0 aliphatic carbocycles. The zero-order chi connectivity index (χ0) is 15.3. The van der Waals surface area contributed by atoms with E-state index in [-0.39, 0.29) is 5.97 Å². The third-order valence-electron chi connectivity index (χ3n) is 4.07. The molecular formula is C17H36GeO2. The summed E-state index contributed by atoms with van der Waals surface area (Å²) in [5, 5.41) is 3.71. The van der Waals surface area contributed by atoms with Crippen LogP contribution in [0, 0.1) is 0 Å². The van der Waals surface area contributed by atoms with Gasteiger partial charge in [-0.2, -0.15) is 0 Å². The van der Waals surface area contributed by atoms with Crippen LogP contribution in [0.2, 0.25) is 15.8 Å². The zero-order valence-corrected chi connectivity index (χ0v) is 16.4. The summed E-state index contributed by atoms with van der Waals surface area (Å²) in [7, 11) is 0. The molecule has 0 atom stereocenters. The third kappa shape index (κ3) is 9.84. The monoisotopic (exact) mass is 346 g/mol. The molecule has 0 N–H and O–H groups in total. The maximum atomic E-state index is 11.6. The van der Waals surface area contributed by atoms with Crippen LogP contribution in [0.1, 0.15) is 85.5 Å². The van der Waals surface area contributed by atoms with E-state index in [1.54, 1.807) is 6.92 Å². The van der Waals surface area contributed by atoms with Gasteiger partial charge >= 0.3 is 129 Å². The van der Waals surface area contributed by atoms with Crippen LogP contribution in [-0.4, -0.2) is 19.6 Å². The quantitative estimate of drug-likeness (QED) is 0.299. The van der Waals surface area contributed by atoms with Crippen LogP contribution in [0.25, 0.3) is 0 Å². The minimum absolute atomic E-state index is 0.0190. The fourth-order valence-electron chi connectivity index (χ4n) is 2.92. The summed E-state index contributed by atoms with van der Waals surface area (Å²) in [5.74, 6) is -0.0190. The van der Waals surface area contributed by atoms with E-state index in [9.17, 15) is 4.79 Å². The van der Waals surface area contributed by atoms with Crippen LogP contribution in [0.3, 0.4) is 0 Å². The van der Waals surface area contributed by atoms with Gasteiger partial charge < -0.3 is 0 Å². The van der Waals surface area contributed by atoms with Crippen molar-refractivity contribution in [3.63, 3.8) is 0 Å². The van der Waals surface area contributed by atoms with Gasteiger partial charge in [0.15, 0.2) is 0 Å². The number of rotatable bonds is 13. The molecule has 0 aromatic carbocycles. The van der Waals surface area contributed by atoms with Gasteiger partial charge in [-0.25, -0.2) is 0 Å². The summed E-state index contributed by atoms with van der Waals surface area (Å²) in [4.78, 5) is 11.6. The summed E-state index contributed by atoms with van der Waals surface area (Å²) >= 11 is -2.40. The van der Waals surface area contributed by atoms with E-state index >= 15 is 0 Å². The van der Waals surface area contributed by atoms with Crippen LogP contribution in [0.15, 0.2) is 0 Å². The second-order valence-electron chi connectivity index (χ2n) is 6.15. The van der Waals surface area contributed by atoms with Gasteiger partial charge in [-0.05, 0) is 0 Å².